The summed E-state index contributed by atoms with van der Waals surface area (Å²) in [6.45, 7) is 0. The maximum Gasteiger partial charge on any atom is 0.242 e. The molecular formula is C13H16ClN3O2S. The second kappa shape index (κ2) is 6.10. The first kappa shape index (κ1) is 15.3. The zero-order valence-electron chi connectivity index (χ0n) is 10.8. The van der Waals surface area contributed by atoms with Gasteiger partial charge < -0.3 is 5.73 Å². The fraction of sp³-hybridized carbons (Fsp3) is 0.462. The third-order valence-corrected chi connectivity index (χ3v) is 5.45. The van der Waals surface area contributed by atoms with Crippen LogP contribution >= 0.6 is 11.6 Å². The molecule has 1 saturated carbocycles. The summed E-state index contributed by atoms with van der Waals surface area (Å²) in [5, 5.41) is 8.96. The number of benzene rings is 1. The molecular weight excluding hydrogens is 298 g/mol. The van der Waals surface area contributed by atoms with E-state index in [1.165, 1.54) is 18.2 Å². The number of halogens is 1. The van der Waals surface area contributed by atoms with Gasteiger partial charge in [0.2, 0.25) is 10.0 Å². The fourth-order valence-corrected chi connectivity index (χ4v) is 4.13. The molecule has 108 valence electrons. The highest BCUT2D eigenvalue weighted by molar-refractivity contribution is 7.89. The number of sulfonamides is 1. The molecule has 1 aliphatic carbocycles. The number of nitrogens with zero attached hydrogens (tertiary/aromatic N) is 1. The first-order chi connectivity index (χ1) is 9.42. The summed E-state index contributed by atoms with van der Waals surface area (Å²) in [4.78, 5) is -0.0481. The normalized spacial score (nSPS) is 23.2. The van der Waals surface area contributed by atoms with Crippen LogP contribution in [0.3, 0.4) is 0 Å². The van der Waals surface area contributed by atoms with E-state index in [2.05, 4.69) is 4.72 Å². The van der Waals surface area contributed by atoms with Crippen LogP contribution in [-0.2, 0) is 10.0 Å². The van der Waals surface area contributed by atoms with Gasteiger partial charge in [0.15, 0.2) is 0 Å². The van der Waals surface area contributed by atoms with Crippen molar-refractivity contribution >= 4 is 21.6 Å². The molecule has 0 aromatic heterocycles. The van der Waals surface area contributed by atoms with Gasteiger partial charge in [0.25, 0.3) is 0 Å². The van der Waals surface area contributed by atoms with Gasteiger partial charge in [-0.3, -0.25) is 0 Å². The lowest BCUT2D eigenvalue weighted by Crippen LogP contribution is -2.40. The monoisotopic (exact) mass is 313 g/mol. The van der Waals surface area contributed by atoms with Gasteiger partial charge in [0, 0.05) is 12.1 Å². The van der Waals surface area contributed by atoms with Gasteiger partial charge in [-0.25, -0.2) is 13.1 Å². The zero-order chi connectivity index (χ0) is 14.8. The van der Waals surface area contributed by atoms with Gasteiger partial charge in [-0.05, 0) is 43.9 Å². The molecule has 1 aromatic carbocycles. The van der Waals surface area contributed by atoms with Crippen LogP contribution < -0.4 is 10.5 Å². The van der Waals surface area contributed by atoms with E-state index in [9.17, 15) is 8.42 Å². The first-order valence-electron chi connectivity index (χ1n) is 6.40. The standard InChI is InChI=1S/C13H16ClN3O2S/c14-12-6-1-9(8-15)7-13(12)20(18,19)17-11-4-2-10(16)3-5-11/h1,6-7,10-11,17H,2-5,16H2. The molecule has 0 spiro atoms. The molecule has 0 radical (unpaired) electrons. The molecule has 0 amide bonds. The fourth-order valence-electron chi connectivity index (χ4n) is 2.30. The van der Waals surface area contributed by atoms with Crippen molar-refractivity contribution in [2.75, 3.05) is 0 Å². The summed E-state index contributed by atoms with van der Waals surface area (Å²) < 4.78 is 27.3. The van der Waals surface area contributed by atoms with Crippen molar-refractivity contribution in [3.63, 3.8) is 0 Å². The minimum Gasteiger partial charge on any atom is -0.328 e. The van der Waals surface area contributed by atoms with Crippen LogP contribution in [0.4, 0.5) is 0 Å². The van der Waals surface area contributed by atoms with Gasteiger partial charge in [0.1, 0.15) is 4.90 Å². The average molecular weight is 314 g/mol. The van der Waals surface area contributed by atoms with Gasteiger partial charge in [-0.15, -0.1) is 0 Å². The smallest absolute Gasteiger partial charge is 0.242 e. The largest absolute Gasteiger partial charge is 0.328 e. The molecule has 0 saturated heterocycles. The molecule has 0 bridgehead atoms. The van der Waals surface area contributed by atoms with E-state index >= 15 is 0 Å². The van der Waals surface area contributed by atoms with E-state index in [4.69, 9.17) is 22.6 Å². The lowest BCUT2D eigenvalue weighted by molar-refractivity contribution is 0.373. The van der Waals surface area contributed by atoms with Crippen LogP contribution in [-0.4, -0.2) is 20.5 Å². The molecule has 1 fully saturated rings. The topological polar surface area (TPSA) is 96.0 Å². The minimum absolute atomic E-state index is 0.0481. The number of nitrogens with two attached hydrogens (primary N) is 1. The summed E-state index contributed by atoms with van der Waals surface area (Å²) in [5.74, 6) is 0. The Balaban J connectivity index is 2.20. The van der Waals surface area contributed by atoms with Crippen molar-refractivity contribution in [3.05, 3.63) is 28.8 Å². The Morgan fingerprint density at radius 3 is 2.55 bits per heavy atom. The quantitative estimate of drug-likeness (QED) is 0.888. The molecule has 0 unspecified atom stereocenters. The molecule has 7 heteroatoms. The molecule has 0 aliphatic heterocycles. The summed E-state index contributed by atoms with van der Waals surface area (Å²) in [7, 11) is -3.71. The van der Waals surface area contributed by atoms with E-state index in [0.717, 1.165) is 25.7 Å². The Kier molecular flexibility index (Phi) is 4.66. The van der Waals surface area contributed by atoms with Crippen LogP contribution in [0.2, 0.25) is 5.02 Å². The SMILES string of the molecule is N#Cc1ccc(Cl)c(S(=O)(=O)NC2CCC(N)CC2)c1. The van der Waals surface area contributed by atoms with Gasteiger partial charge >= 0.3 is 0 Å². The number of nitriles is 1. The predicted octanol–water partition coefficient (Wildman–Crippen LogP) is 1.76. The zero-order valence-corrected chi connectivity index (χ0v) is 12.4. The Morgan fingerprint density at radius 2 is 1.95 bits per heavy atom. The summed E-state index contributed by atoms with van der Waals surface area (Å²) in [6.07, 6.45) is 3.05. The van der Waals surface area contributed by atoms with Crippen LogP contribution in [0.25, 0.3) is 0 Å². The van der Waals surface area contributed by atoms with Gasteiger partial charge in [-0.1, -0.05) is 11.6 Å². The molecule has 3 N–H and O–H groups in total. The maximum atomic E-state index is 12.3. The number of hydrogen-bond acceptors (Lipinski definition) is 4. The average Bonchev–Trinajstić information content (AvgIpc) is 2.41. The van der Waals surface area contributed by atoms with Crippen LogP contribution in [0.15, 0.2) is 23.1 Å². The van der Waals surface area contributed by atoms with Crippen molar-refractivity contribution in [3.8, 4) is 6.07 Å². The molecule has 2 rings (SSSR count). The third-order valence-electron chi connectivity index (χ3n) is 3.44. The van der Waals surface area contributed by atoms with Crippen molar-refractivity contribution in [2.45, 2.75) is 42.7 Å². The number of nitrogens with one attached hydrogen (secondary N) is 1. The Hall–Kier alpha value is -1.13. The van der Waals surface area contributed by atoms with E-state index in [0.29, 0.717) is 0 Å². The van der Waals surface area contributed by atoms with E-state index in [1.807, 2.05) is 6.07 Å². The van der Waals surface area contributed by atoms with Crippen molar-refractivity contribution in [1.82, 2.24) is 4.72 Å². The maximum absolute atomic E-state index is 12.3. The Bertz CT molecular complexity index is 632. The highest BCUT2D eigenvalue weighted by atomic mass is 35.5. The lowest BCUT2D eigenvalue weighted by atomic mass is 9.93. The second-order valence-corrected chi connectivity index (χ2v) is 7.08. The highest BCUT2D eigenvalue weighted by Crippen LogP contribution is 2.24. The number of hydrogen-bond donors (Lipinski definition) is 2. The third kappa shape index (κ3) is 3.49. The van der Waals surface area contributed by atoms with Crippen LogP contribution in [0.5, 0.6) is 0 Å². The molecule has 1 aromatic rings. The number of rotatable bonds is 3. The Morgan fingerprint density at radius 1 is 1.30 bits per heavy atom. The molecule has 5 nitrogen and oxygen atoms in total. The molecule has 0 atom stereocenters. The summed E-state index contributed by atoms with van der Waals surface area (Å²) in [5.41, 5.74) is 6.06. The van der Waals surface area contributed by atoms with Crippen LogP contribution in [0.1, 0.15) is 31.2 Å². The van der Waals surface area contributed by atoms with Gasteiger partial charge in [-0.2, -0.15) is 5.26 Å². The van der Waals surface area contributed by atoms with Crippen molar-refractivity contribution in [1.29, 1.82) is 5.26 Å². The van der Waals surface area contributed by atoms with Crippen LogP contribution in [0, 0.1) is 11.3 Å². The van der Waals surface area contributed by atoms with Crippen molar-refractivity contribution < 1.29 is 8.42 Å². The van der Waals surface area contributed by atoms with E-state index < -0.39 is 10.0 Å². The lowest BCUT2D eigenvalue weighted by Gasteiger charge is -2.26. The first-order valence-corrected chi connectivity index (χ1v) is 8.26. The summed E-state index contributed by atoms with van der Waals surface area (Å²) >= 11 is 5.93. The Labute approximate surface area is 123 Å². The van der Waals surface area contributed by atoms with E-state index in [1.54, 1.807) is 0 Å². The summed E-state index contributed by atoms with van der Waals surface area (Å²) in [6, 6.07) is 6.14. The molecule has 0 heterocycles. The predicted molar refractivity (Wildman–Crippen MR) is 76.7 cm³/mol. The minimum atomic E-state index is -3.71. The molecule has 1 aliphatic rings. The van der Waals surface area contributed by atoms with Gasteiger partial charge in [0.05, 0.1) is 16.7 Å². The molecule has 20 heavy (non-hydrogen) atoms. The highest BCUT2D eigenvalue weighted by Gasteiger charge is 2.26. The second-order valence-electron chi connectivity index (χ2n) is 4.99. The van der Waals surface area contributed by atoms with Crippen molar-refractivity contribution in [2.24, 2.45) is 5.73 Å². The van der Waals surface area contributed by atoms with E-state index in [-0.39, 0.29) is 27.6 Å².